The molecule has 5 heteroatoms. The van der Waals surface area contributed by atoms with Crippen molar-refractivity contribution in [2.45, 2.75) is 32.2 Å². The monoisotopic (exact) mass is 337 g/mol. The molecule has 0 fully saturated rings. The van der Waals surface area contributed by atoms with Crippen LogP contribution < -0.4 is 11.1 Å². The normalized spacial score (nSPS) is 10.9. The molecule has 0 atom stereocenters. The van der Waals surface area contributed by atoms with Gasteiger partial charge in [0.15, 0.2) is 5.88 Å². The maximum absolute atomic E-state index is 12.0. The van der Waals surface area contributed by atoms with Crippen LogP contribution in [0.1, 0.15) is 25.7 Å². The molecule has 5 nitrogen and oxygen atoms in total. The molecular weight excluding hydrogens is 314 g/mol. The Morgan fingerprint density at radius 1 is 1.04 bits per heavy atom. The standard InChI is InChI=1S/C20H23N3O2/c21-17-10-5-6-11-18(17)22-19(24)12-2-1-7-13-23-14-15-8-3-4-9-16(15)20(23)25/h3-6,8-11,14,25H,1-2,7,12-13,21H2,(H,22,24). The van der Waals surface area contributed by atoms with E-state index in [0.717, 1.165) is 36.6 Å². The number of fused-ring (bicyclic) bond motifs is 1. The topological polar surface area (TPSA) is 80.3 Å². The first kappa shape index (κ1) is 16.9. The molecule has 1 amide bonds. The number of carbonyl (C=O) groups excluding carboxylic acids is 1. The summed E-state index contributed by atoms with van der Waals surface area (Å²) in [7, 11) is 0. The minimum Gasteiger partial charge on any atom is -0.494 e. The van der Waals surface area contributed by atoms with E-state index in [1.807, 2.05) is 47.2 Å². The zero-order valence-corrected chi connectivity index (χ0v) is 14.1. The number of hydrogen-bond donors (Lipinski definition) is 3. The van der Waals surface area contributed by atoms with Crippen LogP contribution in [0.25, 0.3) is 10.8 Å². The van der Waals surface area contributed by atoms with Crippen LogP contribution in [0, 0.1) is 0 Å². The van der Waals surface area contributed by atoms with E-state index in [9.17, 15) is 9.90 Å². The number of nitrogen functional groups attached to an aromatic ring is 1. The first-order chi connectivity index (χ1) is 12.1. The molecule has 25 heavy (non-hydrogen) atoms. The van der Waals surface area contributed by atoms with Crippen LogP contribution in [0.5, 0.6) is 5.88 Å². The Morgan fingerprint density at radius 3 is 2.60 bits per heavy atom. The molecule has 0 bridgehead atoms. The third-order valence-corrected chi connectivity index (χ3v) is 4.31. The van der Waals surface area contributed by atoms with E-state index >= 15 is 0 Å². The number of rotatable bonds is 7. The Balaban J connectivity index is 1.42. The summed E-state index contributed by atoms with van der Waals surface area (Å²) in [6, 6.07) is 15.0. The molecule has 3 rings (SSSR count). The van der Waals surface area contributed by atoms with Crippen LogP contribution in [0.3, 0.4) is 0 Å². The summed E-state index contributed by atoms with van der Waals surface area (Å²) in [5.41, 5.74) is 7.05. The van der Waals surface area contributed by atoms with Crippen LogP contribution in [0.15, 0.2) is 54.7 Å². The summed E-state index contributed by atoms with van der Waals surface area (Å²) in [6.07, 6.45) is 5.07. The van der Waals surface area contributed by atoms with E-state index in [-0.39, 0.29) is 5.91 Å². The highest BCUT2D eigenvalue weighted by atomic mass is 16.3. The fraction of sp³-hybridized carbons (Fsp3) is 0.250. The van der Waals surface area contributed by atoms with Gasteiger partial charge in [-0.1, -0.05) is 36.8 Å². The Kier molecular flexibility index (Phi) is 5.23. The molecule has 0 aliphatic rings. The lowest BCUT2D eigenvalue weighted by atomic mass is 10.2. The number of unbranched alkanes of at least 4 members (excludes halogenated alkanes) is 2. The molecule has 0 spiro atoms. The highest BCUT2D eigenvalue weighted by Gasteiger charge is 2.07. The number of anilines is 2. The molecule has 0 aliphatic heterocycles. The highest BCUT2D eigenvalue weighted by molar-refractivity contribution is 5.93. The molecular formula is C20H23N3O2. The van der Waals surface area contributed by atoms with E-state index in [4.69, 9.17) is 5.73 Å². The summed E-state index contributed by atoms with van der Waals surface area (Å²) in [4.78, 5) is 12.0. The van der Waals surface area contributed by atoms with Crippen LogP contribution >= 0.6 is 0 Å². The fourth-order valence-corrected chi connectivity index (χ4v) is 2.94. The molecule has 130 valence electrons. The van der Waals surface area contributed by atoms with Gasteiger partial charge in [0, 0.05) is 29.9 Å². The Morgan fingerprint density at radius 2 is 1.80 bits per heavy atom. The smallest absolute Gasteiger partial charge is 0.224 e. The van der Waals surface area contributed by atoms with Crippen LogP contribution in [0.2, 0.25) is 0 Å². The Bertz CT molecular complexity index is 870. The van der Waals surface area contributed by atoms with Crippen LogP contribution in [-0.4, -0.2) is 15.6 Å². The van der Waals surface area contributed by atoms with Gasteiger partial charge in [0.2, 0.25) is 5.91 Å². The van der Waals surface area contributed by atoms with Gasteiger partial charge in [0.1, 0.15) is 0 Å². The maximum atomic E-state index is 12.0. The van der Waals surface area contributed by atoms with Crippen molar-refractivity contribution in [2.75, 3.05) is 11.1 Å². The van der Waals surface area contributed by atoms with Crippen molar-refractivity contribution in [3.8, 4) is 5.88 Å². The summed E-state index contributed by atoms with van der Waals surface area (Å²) in [5.74, 6) is 0.292. The minimum absolute atomic E-state index is 0.0209. The molecule has 1 aromatic heterocycles. The van der Waals surface area contributed by atoms with Gasteiger partial charge in [-0.05, 0) is 31.0 Å². The number of aromatic hydroxyl groups is 1. The van der Waals surface area contributed by atoms with E-state index < -0.39 is 0 Å². The van der Waals surface area contributed by atoms with Crippen molar-refractivity contribution in [1.29, 1.82) is 0 Å². The first-order valence-electron chi connectivity index (χ1n) is 8.56. The zero-order valence-electron chi connectivity index (χ0n) is 14.1. The molecule has 0 saturated heterocycles. The second kappa shape index (κ2) is 7.75. The molecule has 1 heterocycles. The van der Waals surface area contributed by atoms with E-state index in [2.05, 4.69) is 5.32 Å². The number of nitrogens with two attached hydrogens (primary N) is 1. The second-order valence-electron chi connectivity index (χ2n) is 6.18. The van der Waals surface area contributed by atoms with Crippen molar-refractivity contribution in [2.24, 2.45) is 0 Å². The van der Waals surface area contributed by atoms with Gasteiger partial charge in [-0.2, -0.15) is 0 Å². The summed E-state index contributed by atoms with van der Waals surface area (Å²) >= 11 is 0. The average Bonchev–Trinajstić information content (AvgIpc) is 2.93. The Labute approximate surface area is 147 Å². The lowest BCUT2D eigenvalue weighted by Gasteiger charge is -2.08. The van der Waals surface area contributed by atoms with Crippen molar-refractivity contribution >= 4 is 28.1 Å². The number of amides is 1. The van der Waals surface area contributed by atoms with Crippen molar-refractivity contribution in [3.05, 3.63) is 54.7 Å². The Hall–Kier alpha value is -2.95. The largest absolute Gasteiger partial charge is 0.494 e. The predicted octanol–water partition coefficient (Wildman–Crippen LogP) is 4.13. The van der Waals surface area contributed by atoms with Crippen LogP contribution in [0.4, 0.5) is 11.4 Å². The second-order valence-corrected chi connectivity index (χ2v) is 6.18. The number of carbonyl (C=O) groups is 1. The molecule has 0 saturated carbocycles. The minimum atomic E-state index is -0.0209. The first-order valence-corrected chi connectivity index (χ1v) is 8.56. The number of aromatic nitrogens is 1. The third-order valence-electron chi connectivity index (χ3n) is 4.31. The molecule has 0 radical (unpaired) electrons. The SMILES string of the molecule is Nc1ccccc1NC(=O)CCCCCn1cc2ccccc2c1O. The zero-order chi connectivity index (χ0) is 17.6. The maximum Gasteiger partial charge on any atom is 0.224 e. The summed E-state index contributed by atoms with van der Waals surface area (Å²) < 4.78 is 1.87. The van der Waals surface area contributed by atoms with Crippen molar-refractivity contribution in [1.82, 2.24) is 4.57 Å². The third kappa shape index (κ3) is 4.12. The number of para-hydroxylation sites is 2. The van der Waals surface area contributed by atoms with Gasteiger partial charge >= 0.3 is 0 Å². The fourth-order valence-electron chi connectivity index (χ4n) is 2.94. The van der Waals surface area contributed by atoms with Gasteiger partial charge in [0.05, 0.1) is 11.4 Å². The van der Waals surface area contributed by atoms with E-state index in [1.54, 1.807) is 12.1 Å². The number of aryl methyl sites for hydroxylation is 1. The van der Waals surface area contributed by atoms with Crippen molar-refractivity contribution < 1.29 is 9.90 Å². The van der Waals surface area contributed by atoms with Gasteiger partial charge in [0.25, 0.3) is 0 Å². The lowest BCUT2D eigenvalue weighted by Crippen LogP contribution is -2.12. The summed E-state index contributed by atoms with van der Waals surface area (Å²) in [5, 5.41) is 15.0. The average molecular weight is 337 g/mol. The molecule has 0 aliphatic carbocycles. The molecule has 4 N–H and O–H groups in total. The van der Waals surface area contributed by atoms with Crippen LogP contribution in [-0.2, 0) is 11.3 Å². The number of benzene rings is 2. The highest BCUT2D eigenvalue weighted by Crippen LogP contribution is 2.27. The van der Waals surface area contributed by atoms with Gasteiger partial charge < -0.3 is 20.7 Å². The predicted molar refractivity (Wildman–Crippen MR) is 102 cm³/mol. The number of nitrogens with one attached hydrogen (secondary N) is 1. The van der Waals surface area contributed by atoms with E-state index in [1.165, 1.54) is 0 Å². The molecule has 2 aromatic carbocycles. The van der Waals surface area contributed by atoms with E-state index in [0.29, 0.717) is 23.7 Å². The van der Waals surface area contributed by atoms with Gasteiger partial charge in [-0.25, -0.2) is 0 Å². The number of hydrogen-bond acceptors (Lipinski definition) is 3. The molecule has 0 unspecified atom stereocenters. The molecule has 3 aromatic rings. The van der Waals surface area contributed by atoms with Crippen molar-refractivity contribution in [3.63, 3.8) is 0 Å². The number of nitrogens with zero attached hydrogens (tertiary/aromatic N) is 1. The van der Waals surface area contributed by atoms with Gasteiger partial charge in [-0.3, -0.25) is 4.79 Å². The quantitative estimate of drug-likeness (QED) is 0.448. The lowest BCUT2D eigenvalue weighted by molar-refractivity contribution is -0.116. The summed E-state index contributed by atoms with van der Waals surface area (Å²) in [6.45, 7) is 0.744. The van der Waals surface area contributed by atoms with Gasteiger partial charge in [-0.15, -0.1) is 0 Å².